The predicted octanol–water partition coefficient (Wildman–Crippen LogP) is 1.23. The van der Waals surface area contributed by atoms with Crippen molar-refractivity contribution in [1.82, 2.24) is 5.32 Å². The zero-order valence-corrected chi connectivity index (χ0v) is 9.12. The van der Waals surface area contributed by atoms with Gasteiger partial charge in [-0.25, -0.2) is 0 Å². The molecule has 3 N–H and O–H groups in total. The van der Waals surface area contributed by atoms with Gasteiger partial charge in [-0.3, -0.25) is 0 Å². The molecule has 0 aromatic heterocycles. The van der Waals surface area contributed by atoms with Gasteiger partial charge in [-0.15, -0.1) is 0 Å². The predicted molar refractivity (Wildman–Crippen MR) is 61.0 cm³/mol. The average Bonchev–Trinajstić information content (AvgIpc) is 2.79. The van der Waals surface area contributed by atoms with E-state index in [-0.39, 0.29) is 5.54 Å². The first-order valence-corrected chi connectivity index (χ1v) is 5.41. The summed E-state index contributed by atoms with van der Waals surface area (Å²) >= 11 is 0. The van der Waals surface area contributed by atoms with Gasteiger partial charge in [-0.05, 0) is 25.5 Å². The van der Waals surface area contributed by atoms with Gasteiger partial charge in [0.25, 0.3) is 0 Å². The summed E-state index contributed by atoms with van der Waals surface area (Å²) in [5, 5.41) is 3.51. The minimum absolute atomic E-state index is 0.0768. The zero-order valence-electron chi connectivity index (χ0n) is 9.12. The van der Waals surface area contributed by atoms with Gasteiger partial charge in [-0.1, -0.05) is 18.2 Å². The van der Waals surface area contributed by atoms with Crippen LogP contribution in [0.15, 0.2) is 24.3 Å². The van der Waals surface area contributed by atoms with Crippen LogP contribution in [0.3, 0.4) is 0 Å². The second-order valence-electron chi connectivity index (χ2n) is 4.02. The van der Waals surface area contributed by atoms with Crippen molar-refractivity contribution in [1.29, 1.82) is 0 Å². The number of ether oxygens (including phenoxy) is 1. The number of nitrogens with two attached hydrogens (primary N) is 1. The van der Waals surface area contributed by atoms with Gasteiger partial charge in [0.2, 0.25) is 0 Å². The molecule has 1 aromatic rings. The van der Waals surface area contributed by atoms with Crippen molar-refractivity contribution in [3.05, 3.63) is 29.8 Å². The van der Waals surface area contributed by atoms with Crippen LogP contribution < -0.4 is 15.8 Å². The highest BCUT2D eigenvalue weighted by molar-refractivity contribution is 5.40. The normalized spacial score (nSPS) is 25.5. The molecule has 1 heterocycles. The summed E-state index contributed by atoms with van der Waals surface area (Å²) < 4.78 is 5.39. The first-order chi connectivity index (χ1) is 7.32. The van der Waals surface area contributed by atoms with Crippen LogP contribution in [0, 0.1) is 0 Å². The Morgan fingerprint density at radius 1 is 1.47 bits per heavy atom. The van der Waals surface area contributed by atoms with E-state index in [0.717, 1.165) is 18.7 Å². The molecule has 0 spiro atoms. The summed E-state index contributed by atoms with van der Waals surface area (Å²) in [5.41, 5.74) is 7.02. The minimum Gasteiger partial charge on any atom is -0.496 e. The first-order valence-electron chi connectivity index (χ1n) is 5.41. The summed E-state index contributed by atoms with van der Waals surface area (Å²) in [7, 11) is 1.71. The Bertz CT molecular complexity index is 332. The maximum absolute atomic E-state index is 5.91. The molecule has 82 valence electrons. The van der Waals surface area contributed by atoms with Gasteiger partial charge < -0.3 is 15.8 Å². The molecule has 1 fully saturated rings. The molecule has 1 saturated heterocycles. The van der Waals surface area contributed by atoms with Crippen molar-refractivity contribution in [2.45, 2.75) is 18.4 Å². The van der Waals surface area contributed by atoms with Gasteiger partial charge in [0.1, 0.15) is 5.75 Å². The molecule has 15 heavy (non-hydrogen) atoms. The van der Waals surface area contributed by atoms with Gasteiger partial charge in [0.05, 0.1) is 12.6 Å². The summed E-state index contributed by atoms with van der Waals surface area (Å²) in [6.45, 7) is 1.66. The van der Waals surface area contributed by atoms with E-state index in [1.165, 1.54) is 12.0 Å². The van der Waals surface area contributed by atoms with Crippen molar-refractivity contribution in [2.75, 3.05) is 20.2 Å². The fourth-order valence-electron chi connectivity index (χ4n) is 2.36. The monoisotopic (exact) mass is 206 g/mol. The molecule has 3 heteroatoms. The number of hydrogen-bond acceptors (Lipinski definition) is 3. The molecule has 0 aliphatic carbocycles. The molecular weight excluding hydrogens is 188 g/mol. The van der Waals surface area contributed by atoms with E-state index in [0.29, 0.717) is 6.54 Å². The van der Waals surface area contributed by atoms with E-state index < -0.39 is 0 Å². The molecule has 1 aliphatic heterocycles. The SMILES string of the molecule is COc1ccccc1C1(CN)CCCN1. The zero-order chi connectivity index (χ0) is 10.7. The molecular formula is C12H18N2O. The number of rotatable bonds is 3. The van der Waals surface area contributed by atoms with E-state index >= 15 is 0 Å². The Labute approximate surface area is 90.6 Å². The Kier molecular flexibility index (Phi) is 2.93. The van der Waals surface area contributed by atoms with Crippen molar-refractivity contribution in [3.63, 3.8) is 0 Å². The van der Waals surface area contributed by atoms with Crippen molar-refractivity contribution < 1.29 is 4.74 Å². The lowest BCUT2D eigenvalue weighted by Crippen LogP contribution is -2.43. The summed E-state index contributed by atoms with van der Waals surface area (Å²) in [4.78, 5) is 0. The van der Waals surface area contributed by atoms with Gasteiger partial charge >= 0.3 is 0 Å². The first kappa shape index (κ1) is 10.5. The lowest BCUT2D eigenvalue weighted by molar-refractivity contribution is 0.357. The van der Waals surface area contributed by atoms with Crippen LogP contribution in [-0.4, -0.2) is 20.2 Å². The summed E-state index contributed by atoms with van der Waals surface area (Å²) in [6, 6.07) is 8.12. The van der Waals surface area contributed by atoms with Crippen LogP contribution in [0.2, 0.25) is 0 Å². The van der Waals surface area contributed by atoms with Crippen LogP contribution in [0.1, 0.15) is 18.4 Å². The van der Waals surface area contributed by atoms with E-state index in [2.05, 4.69) is 11.4 Å². The lowest BCUT2D eigenvalue weighted by atomic mass is 9.88. The van der Waals surface area contributed by atoms with Crippen LogP contribution in [-0.2, 0) is 5.54 Å². The molecule has 0 bridgehead atoms. The average molecular weight is 206 g/mol. The number of hydrogen-bond donors (Lipinski definition) is 2. The van der Waals surface area contributed by atoms with Crippen molar-refractivity contribution in [3.8, 4) is 5.75 Å². The maximum Gasteiger partial charge on any atom is 0.123 e. The number of methoxy groups -OCH3 is 1. The Hall–Kier alpha value is -1.06. The Morgan fingerprint density at radius 3 is 2.87 bits per heavy atom. The standard InChI is InChI=1S/C12H18N2O/c1-15-11-6-3-2-5-10(11)12(9-13)7-4-8-14-12/h2-3,5-6,14H,4,7-9,13H2,1H3. The fourth-order valence-corrected chi connectivity index (χ4v) is 2.36. The van der Waals surface area contributed by atoms with E-state index in [1.807, 2.05) is 18.2 Å². The molecule has 3 nitrogen and oxygen atoms in total. The van der Waals surface area contributed by atoms with Crippen LogP contribution >= 0.6 is 0 Å². The van der Waals surface area contributed by atoms with E-state index in [1.54, 1.807) is 7.11 Å². The third-order valence-corrected chi connectivity index (χ3v) is 3.21. The third-order valence-electron chi connectivity index (χ3n) is 3.21. The Morgan fingerprint density at radius 2 is 2.27 bits per heavy atom. The molecule has 1 aliphatic rings. The molecule has 1 aromatic carbocycles. The fraction of sp³-hybridized carbons (Fsp3) is 0.500. The summed E-state index contributed by atoms with van der Waals surface area (Å²) in [6.07, 6.45) is 2.26. The van der Waals surface area contributed by atoms with Gasteiger partial charge in [0.15, 0.2) is 0 Å². The smallest absolute Gasteiger partial charge is 0.123 e. The number of para-hydroxylation sites is 1. The lowest BCUT2D eigenvalue weighted by Gasteiger charge is -2.29. The highest BCUT2D eigenvalue weighted by atomic mass is 16.5. The van der Waals surface area contributed by atoms with Gasteiger partial charge in [-0.2, -0.15) is 0 Å². The van der Waals surface area contributed by atoms with Crippen molar-refractivity contribution in [2.24, 2.45) is 5.73 Å². The maximum atomic E-state index is 5.91. The number of nitrogens with one attached hydrogen (secondary N) is 1. The highest BCUT2D eigenvalue weighted by Gasteiger charge is 2.35. The van der Waals surface area contributed by atoms with Gasteiger partial charge in [0, 0.05) is 12.1 Å². The quantitative estimate of drug-likeness (QED) is 0.782. The third kappa shape index (κ3) is 1.73. The molecule has 1 unspecified atom stereocenters. The van der Waals surface area contributed by atoms with E-state index in [4.69, 9.17) is 10.5 Å². The molecule has 1 atom stereocenters. The molecule has 2 rings (SSSR count). The van der Waals surface area contributed by atoms with Crippen molar-refractivity contribution >= 4 is 0 Å². The second kappa shape index (κ2) is 4.21. The summed E-state index contributed by atoms with van der Waals surface area (Å²) in [5.74, 6) is 0.928. The molecule has 0 saturated carbocycles. The largest absolute Gasteiger partial charge is 0.496 e. The topological polar surface area (TPSA) is 47.3 Å². The minimum atomic E-state index is -0.0768. The molecule has 0 amide bonds. The molecule has 0 radical (unpaired) electrons. The second-order valence-corrected chi connectivity index (χ2v) is 4.02. The highest BCUT2D eigenvalue weighted by Crippen LogP contribution is 2.35. The van der Waals surface area contributed by atoms with E-state index in [9.17, 15) is 0 Å². The van der Waals surface area contributed by atoms with Crippen LogP contribution in [0.25, 0.3) is 0 Å². The number of benzene rings is 1. The van der Waals surface area contributed by atoms with Crippen LogP contribution in [0.4, 0.5) is 0 Å². The van der Waals surface area contributed by atoms with Crippen LogP contribution in [0.5, 0.6) is 5.75 Å². The Balaban J connectivity index is 2.41.